The molecule has 2 heterocycles. The molecule has 0 spiro atoms. The number of carboxylic acids is 1. The second kappa shape index (κ2) is 5.14. The van der Waals surface area contributed by atoms with Crippen LogP contribution in [0.3, 0.4) is 0 Å². The van der Waals surface area contributed by atoms with E-state index in [1.165, 1.54) is 12.4 Å². The van der Waals surface area contributed by atoms with Crippen LogP contribution < -0.4 is 4.74 Å². The molecule has 1 aromatic carbocycles. The van der Waals surface area contributed by atoms with Gasteiger partial charge in [0.2, 0.25) is 5.88 Å². The predicted octanol–water partition coefficient (Wildman–Crippen LogP) is 3.80. The first-order valence-corrected chi connectivity index (χ1v) is 7.10. The predicted molar refractivity (Wildman–Crippen MR) is 80.4 cm³/mol. The van der Waals surface area contributed by atoms with E-state index < -0.39 is 5.97 Å². The number of aromatic carboxylic acids is 1. The molecular weight excluding hydrogens is 288 g/mol. The van der Waals surface area contributed by atoms with Crippen molar-refractivity contribution in [2.75, 3.05) is 0 Å². The molecule has 6 heteroatoms. The monoisotopic (exact) mass is 300 g/mol. The molecule has 0 radical (unpaired) electrons. The lowest BCUT2D eigenvalue weighted by atomic mass is 10.2. The zero-order valence-electron chi connectivity index (χ0n) is 11.5. The Morgan fingerprint density at radius 1 is 1.24 bits per heavy atom. The number of nitrogens with zero attached hydrogens (tertiary/aromatic N) is 2. The Hall–Kier alpha value is -2.47. The van der Waals surface area contributed by atoms with E-state index in [1.54, 1.807) is 29.5 Å². The zero-order chi connectivity index (χ0) is 15.0. The number of carbonyl (C=O) groups is 1. The van der Waals surface area contributed by atoms with Crippen molar-refractivity contribution >= 4 is 27.5 Å². The third-order valence-electron chi connectivity index (χ3n) is 3.25. The molecule has 0 saturated heterocycles. The molecule has 3 rings (SSSR count). The molecule has 0 fully saturated rings. The molecule has 0 aliphatic rings. The number of fused-ring (bicyclic) bond motifs is 1. The van der Waals surface area contributed by atoms with Gasteiger partial charge in [0.1, 0.15) is 22.5 Å². The number of rotatable bonds is 3. The van der Waals surface area contributed by atoms with Crippen LogP contribution in [0.25, 0.3) is 10.2 Å². The van der Waals surface area contributed by atoms with Gasteiger partial charge >= 0.3 is 5.97 Å². The second-order valence-electron chi connectivity index (χ2n) is 4.55. The number of carboxylic acid groups (broad SMARTS) is 1. The quantitative estimate of drug-likeness (QED) is 0.796. The fourth-order valence-electron chi connectivity index (χ4n) is 2.06. The van der Waals surface area contributed by atoms with Crippen LogP contribution in [0.15, 0.2) is 30.6 Å². The summed E-state index contributed by atoms with van der Waals surface area (Å²) in [6, 6.07) is 6.51. The highest BCUT2D eigenvalue weighted by molar-refractivity contribution is 7.18. The molecule has 0 bridgehead atoms. The zero-order valence-corrected chi connectivity index (χ0v) is 12.3. The van der Waals surface area contributed by atoms with E-state index in [4.69, 9.17) is 4.74 Å². The molecular formula is C15H12N2O3S. The summed E-state index contributed by atoms with van der Waals surface area (Å²) in [5, 5.41) is 10.0. The van der Waals surface area contributed by atoms with Crippen molar-refractivity contribution in [3.8, 4) is 11.6 Å². The number of ether oxygens (including phenoxy) is 1. The first-order valence-electron chi connectivity index (χ1n) is 6.29. The lowest BCUT2D eigenvalue weighted by Gasteiger charge is -2.08. The lowest BCUT2D eigenvalue weighted by molar-refractivity contribution is 0.0694. The largest absolute Gasteiger partial charge is 0.478 e. The van der Waals surface area contributed by atoms with E-state index in [9.17, 15) is 9.90 Å². The number of hydrogen-bond acceptors (Lipinski definition) is 5. The summed E-state index contributed by atoms with van der Waals surface area (Å²) >= 11 is 1.57. The van der Waals surface area contributed by atoms with Crippen molar-refractivity contribution in [3.05, 3.63) is 46.6 Å². The summed E-state index contributed by atoms with van der Waals surface area (Å²) in [4.78, 5) is 21.6. The van der Waals surface area contributed by atoms with Crippen molar-refractivity contribution in [2.24, 2.45) is 0 Å². The summed E-state index contributed by atoms with van der Waals surface area (Å²) < 4.78 is 5.75. The maximum absolute atomic E-state index is 11.2. The van der Waals surface area contributed by atoms with Gasteiger partial charge in [-0.05, 0) is 31.5 Å². The number of para-hydroxylation sites is 1. The van der Waals surface area contributed by atoms with Gasteiger partial charge in [-0.25, -0.2) is 14.8 Å². The van der Waals surface area contributed by atoms with Gasteiger partial charge in [0, 0.05) is 4.88 Å². The minimum Gasteiger partial charge on any atom is -0.478 e. The molecule has 21 heavy (non-hydrogen) atoms. The molecule has 3 aromatic rings. The van der Waals surface area contributed by atoms with Crippen LogP contribution in [0.5, 0.6) is 11.6 Å². The minimum absolute atomic E-state index is 0.105. The molecule has 106 valence electrons. The van der Waals surface area contributed by atoms with Gasteiger partial charge in [0.25, 0.3) is 0 Å². The van der Waals surface area contributed by atoms with Crippen LogP contribution in [0.2, 0.25) is 0 Å². The Balaban J connectivity index is 2.13. The topological polar surface area (TPSA) is 72.3 Å². The maximum Gasteiger partial charge on any atom is 0.339 e. The number of aryl methyl sites for hydroxylation is 2. The Kier molecular flexibility index (Phi) is 3.31. The second-order valence-corrected chi connectivity index (χ2v) is 5.75. The van der Waals surface area contributed by atoms with Gasteiger partial charge in [-0.3, -0.25) is 0 Å². The fraction of sp³-hybridized carbons (Fsp3) is 0.133. The van der Waals surface area contributed by atoms with E-state index in [2.05, 4.69) is 9.97 Å². The van der Waals surface area contributed by atoms with Crippen LogP contribution >= 0.6 is 11.3 Å². The van der Waals surface area contributed by atoms with Crippen molar-refractivity contribution in [2.45, 2.75) is 13.8 Å². The van der Waals surface area contributed by atoms with Crippen LogP contribution in [0, 0.1) is 13.8 Å². The van der Waals surface area contributed by atoms with E-state index in [-0.39, 0.29) is 11.3 Å². The molecule has 0 saturated carbocycles. The van der Waals surface area contributed by atoms with Crippen molar-refractivity contribution in [3.63, 3.8) is 0 Å². The van der Waals surface area contributed by atoms with Gasteiger partial charge in [-0.15, -0.1) is 11.3 Å². The third-order valence-corrected chi connectivity index (χ3v) is 4.37. The molecule has 5 nitrogen and oxygen atoms in total. The molecule has 0 aliphatic carbocycles. The van der Waals surface area contributed by atoms with Gasteiger partial charge < -0.3 is 9.84 Å². The molecule has 2 aromatic heterocycles. The van der Waals surface area contributed by atoms with E-state index >= 15 is 0 Å². The van der Waals surface area contributed by atoms with Gasteiger partial charge in [0.05, 0.1) is 5.39 Å². The fourth-order valence-corrected chi connectivity index (χ4v) is 3.05. The first kappa shape index (κ1) is 13.5. The minimum atomic E-state index is -1.03. The normalized spacial score (nSPS) is 10.8. The molecule has 0 atom stereocenters. The Bertz CT molecular complexity index is 842. The van der Waals surface area contributed by atoms with Gasteiger partial charge in [0.15, 0.2) is 0 Å². The summed E-state index contributed by atoms with van der Waals surface area (Å²) in [7, 11) is 0. The average molecular weight is 300 g/mol. The van der Waals surface area contributed by atoms with Crippen LogP contribution in [0.4, 0.5) is 0 Å². The summed E-state index contributed by atoms with van der Waals surface area (Å²) in [6.45, 7) is 3.99. The maximum atomic E-state index is 11.2. The van der Waals surface area contributed by atoms with E-state index in [0.717, 1.165) is 20.7 Å². The summed E-state index contributed by atoms with van der Waals surface area (Å²) in [5.41, 5.74) is 1.16. The first-order chi connectivity index (χ1) is 10.1. The Morgan fingerprint density at radius 2 is 2.00 bits per heavy atom. The van der Waals surface area contributed by atoms with Crippen molar-refractivity contribution in [1.29, 1.82) is 0 Å². The van der Waals surface area contributed by atoms with Crippen LogP contribution in [0.1, 0.15) is 20.8 Å². The Morgan fingerprint density at radius 3 is 2.76 bits per heavy atom. The van der Waals surface area contributed by atoms with Crippen molar-refractivity contribution in [1.82, 2.24) is 9.97 Å². The SMILES string of the molecule is Cc1sc2ncnc(Oc3ccccc3C(=O)O)c2c1C. The smallest absolute Gasteiger partial charge is 0.339 e. The third kappa shape index (κ3) is 2.34. The number of thiophene rings is 1. The van der Waals surface area contributed by atoms with Gasteiger partial charge in [-0.2, -0.15) is 0 Å². The molecule has 1 N–H and O–H groups in total. The number of benzene rings is 1. The highest BCUT2D eigenvalue weighted by atomic mass is 32.1. The van der Waals surface area contributed by atoms with E-state index in [0.29, 0.717) is 5.88 Å². The lowest BCUT2D eigenvalue weighted by Crippen LogP contribution is -2.00. The standard InChI is InChI=1S/C15H12N2O3S/c1-8-9(2)21-14-12(8)13(16-7-17-14)20-11-6-4-3-5-10(11)15(18)19/h3-7H,1-2H3,(H,18,19). The highest BCUT2D eigenvalue weighted by Gasteiger charge is 2.16. The molecule has 0 unspecified atom stereocenters. The van der Waals surface area contributed by atoms with Crippen molar-refractivity contribution < 1.29 is 14.6 Å². The number of aromatic nitrogens is 2. The number of hydrogen-bond donors (Lipinski definition) is 1. The van der Waals surface area contributed by atoms with Gasteiger partial charge in [-0.1, -0.05) is 12.1 Å². The summed E-state index contributed by atoms with van der Waals surface area (Å²) in [5.74, 6) is -0.377. The van der Waals surface area contributed by atoms with Crippen LogP contribution in [-0.4, -0.2) is 21.0 Å². The van der Waals surface area contributed by atoms with E-state index in [1.807, 2.05) is 13.8 Å². The molecule has 0 aliphatic heterocycles. The summed E-state index contributed by atoms with van der Waals surface area (Å²) in [6.07, 6.45) is 1.43. The average Bonchev–Trinajstić information content (AvgIpc) is 2.75. The molecule has 0 amide bonds. The van der Waals surface area contributed by atoms with Crippen LogP contribution in [-0.2, 0) is 0 Å². The Labute approximate surface area is 124 Å². The highest BCUT2D eigenvalue weighted by Crippen LogP contribution is 2.36.